The second-order valence-electron chi connectivity index (χ2n) is 4.22. The van der Waals surface area contributed by atoms with E-state index in [1.54, 1.807) is 6.20 Å². The van der Waals surface area contributed by atoms with E-state index in [1.165, 1.54) is 0 Å². The molecule has 1 unspecified atom stereocenters. The summed E-state index contributed by atoms with van der Waals surface area (Å²) in [4.78, 5) is 2.18. The molecule has 88 valence electrons. The Hall–Kier alpha value is -1.20. The monoisotopic (exact) mass is 222 g/mol. The summed E-state index contributed by atoms with van der Waals surface area (Å²) in [5.41, 5.74) is 6.70. The molecule has 0 bridgehead atoms. The summed E-state index contributed by atoms with van der Waals surface area (Å²) in [6.45, 7) is 2.55. The molecule has 1 aliphatic heterocycles. The highest BCUT2D eigenvalue weighted by Crippen LogP contribution is 2.23. The summed E-state index contributed by atoms with van der Waals surface area (Å²) < 4.78 is 0. The Morgan fingerprint density at radius 2 is 2.44 bits per heavy atom. The zero-order valence-electron chi connectivity index (χ0n) is 9.34. The summed E-state index contributed by atoms with van der Waals surface area (Å²) in [5.74, 6) is 1.23. The number of aliphatic hydroxyl groups is 1. The van der Waals surface area contributed by atoms with E-state index in [9.17, 15) is 5.11 Å². The van der Waals surface area contributed by atoms with E-state index in [4.69, 9.17) is 5.73 Å². The van der Waals surface area contributed by atoms with E-state index < -0.39 is 0 Å². The number of aliphatic hydroxyl groups excluding tert-OH is 1. The van der Waals surface area contributed by atoms with Crippen molar-refractivity contribution in [2.24, 2.45) is 11.7 Å². The van der Waals surface area contributed by atoms with Gasteiger partial charge in [-0.25, -0.2) is 0 Å². The molecular formula is C11H18N4O. The molecular weight excluding hydrogens is 204 g/mol. The van der Waals surface area contributed by atoms with E-state index in [0.717, 1.165) is 37.3 Å². The minimum absolute atomic E-state index is 0.245. The lowest BCUT2D eigenvalue weighted by Crippen LogP contribution is -2.38. The number of nitrogens with zero attached hydrogens (tertiary/aromatic N) is 3. The van der Waals surface area contributed by atoms with E-state index in [1.807, 2.05) is 6.07 Å². The first-order valence-corrected chi connectivity index (χ1v) is 5.71. The number of hydrogen-bond acceptors (Lipinski definition) is 5. The summed E-state index contributed by atoms with van der Waals surface area (Å²) in [6.07, 6.45) is 3.84. The number of rotatable bonds is 3. The minimum atomic E-state index is 0.245. The lowest BCUT2D eigenvalue weighted by Gasteiger charge is -2.33. The third-order valence-electron chi connectivity index (χ3n) is 3.08. The van der Waals surface area contributed by atoms with Crippen molar-refractivity contribution in [1.82, 2.24) is 10.2 Å². The minimum Gasteiger partial charge on any atom is -0.396 e. The van der Waals surface area contributed by atoms with Gasteiger partial charge in [-0.3, -0.25) is 0 Å². The zero-order valence-corrected chi connectivity index (χ0v) is 9.34. The first kappa shape index (κ1) is 11.3. The van der Waals surface area contributed by atoms with Gasteiger partial charge < -0.3 is 15.7 Å². The fourth-order valence-electron chi connectivity index (χ4n) is 2.18. The van der Waals surface area contributed by atoms with Crippen LogP contribution in [-0.4, -0.2) is 35.0 Å². The maximum atomic E-state index is 9.19. The van der Waals surface area contributed by atoms with Gasteiger partial charge in [-0.2, -0.15) is 5.10 Å². The van der Waals surface area contributed by atoms with Crippen molar-refractivity contribution in [1.29, 1.82) is 0 Å². The highest BCUT2D eigenvalue weighted by atomic mass is 16.3. The molecule has 1 saturated heterocycles. The van der Waals surface area contributed by atoms with Gasteiger partial charge in [0.1, 0.15) is 0 Å². The first-order chi connectivity index (χ1) is 7.85. The number of nitrogens with two attached hydrogens (primary N) is 1. The Labute approximate surface area is 95.3 Å². The van der Waals surface area contributed by atoms with Gasteiger partial charge in [-0.05, 0) is 24.8 Å². The highest BCUT2D eigenvalue weighted by molar-refractivity contribution is 5.45. The van der Waals surface area contributed by atoms with Crippen LogP contribution in [0.3, 0.4) is 0 Å². The average molecular weight is 222 g/mol. The molecule has 0 spiro atoms. The summed E-state index contributed by atoms with van der Waals surface area (Å²) in [7, 11) is 0. The Kier molecular flexibility index (Phi) is 3.69. The largest absolute Gasteiger partial charge is 0.396 e. The first-order valence-electron chi connectivity index (χ1n) is 5.71. The lowest BCUT2D eigenvalue weighted by molar-refractivity contribution is 0.208. The van der Waals surface area contributed by atoms with Gasteiger partial charge in [0.25, 0.3) is 0 Å². The van der Waals surface area contributed by atoms with Crippen LogP contribution in [0.1, 0.15) is 18.4 Å². The molecule has 16 heavy (non-hydrogen) atoms. The molecule has 2 heterocycles. The van der Waals surface area contributed by atoms with Gasteiger partial charge in [0.15, 0.2) is 5.82 Å². The predicted molar refractivity (Wildman–Crippen MR) is 61.9 cm³/mol. The highest BCUT2D eigenvalue weighted by Gasteiger charge is 2.21. The molecule has 0 saturated carbocycles. The smallest absolute Gasteiger partial charge is 0.155 e. The van der Waals surface area contributed by atoms with Crippen LogP contribution in [0.25, 0.3) is 0 Å². The summed E-state index contributed by atoms with van der Waals surface area (Å²) >= 11 is 0. The maximum Gasteiger partial charge on any atom is 0.155 e. The quantitative estimate of drug-likeness (QED) is 0.761. The average Bonchev–Trinajstić information content (AvgIpc) is 2.38. The van der Waals surface area contributed by atoms with E-state index in [0.29, 0.717) is 12.5 Å². The molecule has 2 rings (SSSR count). The molecule has 5 nitrogen and oxygen atoms in total. The van der Waals surface area contributed by atoms with Gasteiger partial charge >= 0.3 is 0 Å². The van der Waals surface area contributed by atoms with Crippen molar-refractivity contribution < 1.29 is 5.11 Å². The van der Waals surface area contributed by atoms with Crippen LogP contribution < -0.4 is 10.6 Å². The fourth-order valence-corrected chi connectivity index (χ4v) is 2.18. The fraction of sp³-hybridized carbons (Fsp3) is 0.636. The van der Waals surface area contributed by atoms with Gasteiger partial charge in [-0.1, -0.05) is 0 Å². The number of piperidine rings is 1. The summed E-state index contributed by atoms with van der Waals surface area (Å²) in [6, 6.07) is 1.91. The molecule has 0 aromatic carbocycles. The molecule has 1 aromatic heterocycles. The topological polar surface area (TPSA) is 75.3 Å². The summed E-state index contributed by atoms with van der Waals surface area (Å²) in [5, 5.41) is 17.3. The Morgan fingerprint density at radius 1 is 1.56 bits per heavy atom. The van der Waals surface area contributed by atoms with Gasteiger partial charge in [-0.15, -0.1) is 5.10 Å². The van der Waals surface area contributed by atoms with Gasteiger partial charge in [0.05, 0.1) is 6.20 Å². The molecule has 0 radical (unpaired) electrons. The molecule has 5 heteroatoms. The molecule has 1 aromatic rings. The van der Waals surface area contributed by atoms with E-state index in [2.05, 4.69) is 15.1 Å². The van der Waals surface area contributed by atoms with Crippen LogP contribution in [0.15, 0.2) is 12.3 Å². The van der Waals surface area contributed by atoms with E-state index >= 15 is 0 Å². The Morgan fingerprint density at radius 3 is 3.19 bits per heavy atom. The Balaban J connectivity index is 2.16. The Bertz CT molecular complexity index is 345. The second-order valence-corrected chi connectivity index (χ2v) is 4.22. The number of hydrogen-bond donors (Lipinski definition) is 2. The molecule has 3 N–H and O–H groups in total. The molecule has 0 amide bonds. The van der Waals surface area contributed by atoms with Crippen molar-refractivity contribution in [3.8, 4) is 0 Å². The maximum absolute atomic E-state index is 9.19. The van der Waals surface area contributed by atoms with Gasteiger partial charge in [0, 0.05) is 31.8 Å². The molecule has 1 atom stereocenters. The molecule has 1 aliphatic rings. The van der Waals surface area contributed by atoms with Crippen molar-refractivity contribution in [2.75, 3.05) is 24.6 Å². The van der Waals surface area contributed by atoms with Crippen LogP contribution in [0.5, 0.6) is 0 Å². The normalized spacial score (nSPS) is 21.1. The predicted octanol–water partition coefficient (Wildman–Crippen LogP) is 0.144. The van der Waals surface area contributed by atoms with Crippen LogP contribution in [0.2, 0.25) is 0 Å². The zero-order chi connectivity index (χ0) is 11.4. The van der Waals surface area contributed by atoms with Crippen molar-refractivity contribution in [3.63, 3.8) is 0 Å². The van der Waals surface area contributed by atoms with Crippen LogP contribution in [-0.2, 0) is 6.54 Å². The second kappa shape index (κ2) is 5.23. The molecule has 1 fully saturated rings. The standard InChI is InChI=1S/C11H18N4O/c12-6-10-3-4-13-14-11(10)15-5-1-2-9(7-15)8-16/h3-4,9,16H,1-2,5-8,12H2. The number of aromatic nitrogens is 2. The van der Waals surface area contributed by atoms with E-state index in [-0.39, 0.29) is 6.61 Å². The third-order valence-corrected chi connectivity index (χ3v) is 3.08. The van der Waals surface area contributed by atoms with Gasteiger partial charge in [0.2, 0.25) is 0 Å². The van der Waals surface area contributed by atoms with Crippen molar-refractivity contribution >= 4 is 5.82 Å². The lowest BCUT2D eigenvalue weighted by atomic mass is 9.99. The van der Waals surface area contributed by atoms with Crippen LogP contribution >= 0.6 is 0 Å². The SMILES string of the molecule is NCc1ccnnc1N1CCCC(CO)C1. The molecule has 0 aliphatic carbocycles. The van der Waals surface area contributed by atoms with Crippen LogP contribution in [0.4, 0.5) is 5.82 Å². The number of anilines is 1. The van der Waals surface area contributed by atoms with Crippen molar-refractivity contribution in [3.05, 3.63) is 17.8 Å². The third kappa shape index (κ3) is 2.31. The van der Waals surface area contributed by atoms with Crippen LogP contribution in [0, 0.1) is 5.92 Å². The van der Waals surface area contributed by atoms with Crippen molar-refractivity contribution in [2.45, 2.75) is 19.4 Å².